The Morgan fingerprint density at radius 3 is 2.86 bits per heavy atom. The van der Waals surface area contributed by atoms with E-state index in [0.717, 1.165) is 25.9 Å². The second-order valence-electron chi connectivity index (χ2n) is 6.45. The van der Waals surface area contributed by atoms with Crippen LogP contribution < -0.4 is 4.90 Å². The van der Waals surface area contributed by atoms with Gasteiger partial charge in [0.05, 0.1) is 13.2 Å². The molecule has 0 saturated carbocycles. The van der Waals surface area contributed by atoms with Crippen LogP contribution in [0, 0.1) is 0 Å². The summed E-state index contributed by atoms with van der Waals surface area (Å²) in [6.45, 7) is 5.11. The van der Waals surface area contributed by atoms with Crippen molar-refractivity contribution in [3.8, 4) is 0 Å². The molecule has 0 aliphatic carbocycles. The minimum atomic E-state index is 0.256. The molecule has 1 aromatic rings. The summed E-state index contributed by atoms with van der Waals surface area (Å²) in [5.74, 6) is 0.256. The number of hydrogen-bond donors (Lipinski definition) is 0. The quantitative estimate of drug-likeness (QED) is 0.858. The molecule has 0 bridgehead atoms. The molecule has 1 saturated heterocycles. The summed E-state index contributed by atoms with van der Waals surface area (Å²) in [4.78, 5) is 16.5. The van der Waals surface area contributed by atoms with Gasteiger partial charge in [-0.05, 0) is 43.4 Å². The molecule has 1 atom stereocenters. The lowest BCUT2D eigenvalue weighted by atomic mass is 9.94. The van der Waals surface area contributed by atoms with Gasteiger partial charge in [-0.1, -0.05) is 12.1 Å². The van der Waals surface area contributed by atoms with Crippen LogP contribution in [-0.2, 0) is 22.4 Å². The van der Waals surface area contributed by atoms with Gasteiger partial charge in [-0.15, -0.1) is 0 Å². The summed E-state index contributed by atoms with van der Waals surface area (Å²) in [5, 5.41) is 0. The molecule has 0 radical (unpaired) electrons. The van der Waals surface area contributed by atoms with E-state index in [-0.39, 0.29) is 5.91 Å². The van der Waals surface area contributed by atoms with E-state index in [1.807, 2.05) is 4.90 Å². The van der Waals surface area contributed by atoms with Crippen molar-refractivity contribution in [2.24, 2.45) is 0 Å². The van der Waals surface area contributed by atoms with Gasteiger partial charge in [0.1, 0.15) is 0 Å². The van der Waals surface area contributed by atoms with E-state index < -0.39 is 0 Å². The van der Waals surface area contributed by atoms with Crippen molar-refractivity contribution in [3.05, 3.63) is 29.3 Å². The van der Waals surface area contributed by atoms with E-state index in [9.17, 15) is 4.79 Å². The Kier molecular flexibility index (Phi) is 4.67. The van der Waals surface area contributed by atoms with E-state index in [0.29, 0.717) is 25.7 Å². The van der Waals surface area contributed by atoms with Crippen LogP contribution in [0.4, 0.5) is 5.69 Å². The molecular formula is C18H26N2O2. The summed E-state index contributed by atoms with van der Waals surface area (Å²) < 4.78 is 5.30. The van der Waals surface area contributed by atoms with Crippen LogP contribution in [0.5, 0.6) is 0 Å². The predicted molar refractivity (Wildman–Crippen MR) is 88.3 cm³/mol. The summed E-state index contributed by atoms with van der Waals surface area (Å²) in [7, 11) is 2.17. The molecule has 0 spiro atoms. The first-order chi connectivity index (χ1) is 10.6. The van der Waals surface area contributed by atoms with Gasteiger partial charge in [-0.25, -0.2) is 0 Å². The van der Waals surface area contributed by atoms with Crippen molar-refractivity contribution in [2.45, 2.75) is 38.6 Å². The standard InChI is InChI=1S/C18H26N2O2/c1-14-3-6-16-13-15(4-7-17(16)19(14)2)5-8-18(21)20-9-11-22-12-10-20/h4,7,13-14H,3,5-6,8-12H2,1-2H3. The Morgan fingerprint density at radius 1 is 1.32 bits per heavy atom. The Labute approximate surface area is 133 Å². The molecule has 2 aliphatic heterocycles. The number of ether oxygens (including phenoxy) is 1. The Hall–Kier alpha value is -1.55. The highest BCUT2D eigenvalue weighted by Gasteiger charge is 2.20. The van der Waals surface area contributed by atoms with E-state index in [2.05, 4.69) is 37.1 Å². The first kappa shape index (κ1) is 15.3. The third-order valence-electron chi connectivity index (χ3n) is 5.01. The van der Waals surface area contributed by atoms with Crippen molar-refractivity contribution >= 4 is 11.6 Å². The van der Waals surface area contributed by atoms with Gasteiger partial charge in [-0.3, -0.25) is 4.79 Å². The lowest BCUT2D eigenvalue weighted by Crippen LogP contribution is -2.40. The van der Waals surface area contributed by atoms with Gasteiger partial charge < -0.3 is 14.5 Å². The number of benzene rings is 1. The first-order valence-corrected chi connectivity index (χ1v) is 8.35. The summed E-state index contributed by atoms with van der Waals surface area (Å²) in [6.07, 6.45) is 3.79. The molecule has 1 unspecified atom stereocenters. The van der Waals surface area contributed by atoms with E-state index in [4.69, 9.17) is 4.74 Å². The Morgan fingerprint density at radius 2 is 2.09 bits per heavy atom. The highest BCUT2D eigenvalue weighted by Crippen LogP contribution is 2.30. The molecule has 1 amide bonds. The van der Waals surface area contributed by atoms with Crippen molar-refractivity contribution < 1.29 is 9.53 Å². The van der Waals surface area contributed by atoms with Crippen molar-refractivity contribution in [2.75, 3.05) is 38.3 Å². The topological polar surface area (TPSA) is 32.8 Å². The Balaban J connectivity index is 1.60. The number of carbonyl (C=O) groups excluding carboxylic acids is 1. The maximum absolute atomic E-state index is 12.2. The zero-order valence-electron chi connectivity index (χ0n) is 13.7. The van der Waals surface area contributed by atoms with Crippen LogP contribution in [0.2, 0.25) is 0 Å². The van der Waals surface area contributed by atoms with E-state index >= 15 is 0 Å². The Bertz CT molecular complexity index is 538. The lowest BCUT2D eigenvalue weighted by Gasteiger charge is -2.34. The second-order valence-corrected chi connectivity index (χ2v) is 6.45. The number of amides is 1. The number of rotatable bonds is 3. The van der Waals surface area contributed by atoms with Gasteiger partial charge in [0, 0.05) is 38.3 Å². The molecule has 1 fully saturated rings. The molecule has 22 heavy (non-hydrogen) atoms. The number of fused-ring (bicyclic) bond motifs is 1. The van der Waals surface area contributed by atoms with Gasteiger partial charge in [-0.2, -0.15) is 0 Å². The number of carbonyl (C=O) groups is 1. The zero-order valence-corrected chi connectivity index (χ0v) is 13.7. The number of morpholine rings is 1. The average molecular weight is 302 g/mol. The number of nitrogens with zero attached hydrogens (tertiary/aromatic N) is 2. The minimum Gasteiger partial charge on any atom is -0.378 e. The van der Waals surface area contributed by atoms with Gasteiger partial charge in [0.2, 0.25) is 5.91 Å². The monoisotopic (exact) mass is 302 g/mol. The molecule has 2 aliphatic rings. The molecule has 120 valence electrons. The third-order valence-corrected chi connectivity index (χ3v) is 5.01. The predicted octanol–water partition coefficient (Wildman–Crippen LogP) is 2.25. The number of anilines is 1. The molecule has 4 nitrogen and oxygen atoms in total. The SMILES string of the molecule is CC1CCc2cc(CCC(=O)N3CCOCC3)ccc2N1C. The van der Waals surface area contributed by atoms with Gasteiger partial charge >= 0.3 is 0 Å². The van der Waals surface area contributed by atoms with Crippen molar-refractivity contribution in [3.63, 3.8) is 0 Å². The molecule has 4 heteroatoms. The molecule has 2 heterocycles. The molecular weight excluding hydrogens is 276 g/mol. The highest BCUT2D eigenvalue weighted by atomic mass is 16.5. The van der Waals surface area contributed by atoms with Crippen molar-refractivity contribution in [1.82, 2.24) is 4.90 Å². The molecule has 1 aromatic carbocycles. The molecule has 0 aromatic heterocycles. The average Bonchev–Trinajstić information content (AvgIpc) is 2.57. The van der Waals surface area contributed by atoms with Crippen LogP contribution in [0.3, 0.4) is 0 Å². The normalized spacial score (nSPS) is 21.6. The second kappa shape index (κ2) is 6.69. The zero-order chi connectivity index (χ0) is 15.5. The van der Waals surface area contributed by atoms with Crippen LogP contribution in [0.1, 0.15) is 30.9 Å². The fraction of sp³-hybridized carbons (Fsp3) is 0.611. The van der Waals surface area contributed by atoms with Gasteiger partial charge in [0.15, 0.2) is 0 Å². The van der Waals surface area contributed by atoms with Crippen LogP contribution in [-0.4, -0.2) is 50.2 Å². The van der Waals surface area contributed by atoms with E-state index in [1.54, 1.807) is 0 Å². The maximum Gasteiger partial charge on any atom is 0.223 e. The van der Waals surface area contributed by atoms with Gasteiger partial charge in [0.25, 0.3) is 0 Å². The minimum absolute atomic E-state index is 0.256. The number of aryl methyl sites for hydroxylation is 2. The van der Waals surface area contributed by atoms with Crippen molar-refractivity contribution in [1.29, 1.82) is 0 Å². The maximum atomic E-state index is 12.2. The smallest absolute Gasteiger partial charge is 0.223 e. The van der Waals surface area contributed by atoms with E-state index in [1.165, 1.54) is 23.2 Å². The number of hydrogen-bond acceptors (Lipinski definition) is 3. The fourth-order valence-electron chi connectivity index (χ4n) is 3.36. The first-order valence-electron chi connectivity index (χ1n) is 8.35. The van der Waals surface area contributed by atoms with Crippen LogP contribution in [0.25, 0.3) is 0 Å². The lowest BCUT2D eigenvalue weighted by molar-refractivity contribution is -0.135. The fourth-order valence-corrected chi connectivity index (χ4v) is 3.36. The summed E-state index contributed by atoms with van der Waals surface area (Å²) >= 11 is 0. The summed E-state index contributed by atoms with van der Waals surface area (Å²) in [5.41, 5.74) is 4.06. The molecule has 0 N–H and O–H groups in total. The highest BCUT2D eigenvalue weighted by molar-refractivity contribution is 5.76. The largest absolute Gasteiger partial charge is 0.378 e. The third kappa shape index (κ3) is 3.27. The summed E-state index contributed by atoms with van der Waals surface area (Å²) in [6, 6.07) is 7.31. The van der Waals surface area contributed by atoms with Crippen LogP contribution >= 0.6 is 0 Å². The van der Waals surface area contributed by atoms with Crippen LogP contribution in [0.15, 0.2) is 18.2 Å². The molecule has 3 rings (SSSR count).